The fourth-order valence-corrected chi connectivity index (χ4v) is 3.06. The second-order valence-corrected chi connectivity index (χ2v) is 5.87. The molecule has 1 saturated carbocycles. The molecule has 0 aromatic heterocycles. The number of hydrogen-bond donors (Lipinski definition) is 1. The maximum atomic E-state index is 13.1. The van der Waals surface area contributed by atoms with Crippen LogP contribution < -0.4 is 5.32 Å². The van der Waals surface area contributed by atoms with Crippen LogP contribution in [0.5, 0.6) is 0 Å². The number of hydrogen-bond acceptors (Lipinski definition) is 1. The Labute approximate surface area is 110 Å². The van der Waals surface area contributed by atoms with Crippen molar-refractivity contribution in [3.63, 3.8) is 0 Å². The van der Waals surface area contributed by atoms with E-state index in [1.54, 1.807) is 12.1 Å². The largest absolute Gasteiger partial charge is 0.311 e. The van der Waals surface area contributed by atoms with E-state index in [0.717, 1.165) is 17.9 Å². The van der Waals surface area contributed by atoms with Crippen LogP contribution in [-0.2, 0) is 6.42 Å². The summed E-state index contributed by atoms with van der Waals surface area (Å²) in [5.74, 6) is 0.712. The molecular weight excluding hydrogens is 225 g/mol. The Morgan fingerprint density at radius 3 is 2.94 bits per heavy atom. The molecule has 2 rings (SSSR count). The molecule has 0 heterocycles. The average Bonchev–Trinajstić information content (AvgIpc) is 2.28. The third-order valence-electron chi connectivity index (χ3n) is 3.89. The summed E-state index contributed by atoms with van der Waals surface area (Å²) in [6.07, 6.45) is 6.19. The minimum absolute atomic E-state index is 0.133. The van der Waals surface area contributed by atoms with Crippen molar-refractivity contribution in [2.75, 3.05) is 0 Å². The van der Waals surface area contributed by atoms with Crippen molar-refractivity contribution in [2.45, 2.75) is 58.0 Å². The highest BCUT2D eigenvalue weighted by atomic mass is 19.1. The zero-order chi connectivity index (χ0) is 13.0. The van der Waals surface area contributed by atoms with Gasteiger partial charge in [-0.25, -0.2) is 4.39 Å². The summed E-state index contributed by atoms with van der Waals surface area (Å²) in [6.45, 7) is 4.54. The summed E-state index contributed by atoms with van der Waals surface area (Å²) in [5, 5.41) is 3.69. The Hall–Kier alpha value is -0.890. The molecule has 0 spiro atoms. The van der Waals surface area contributed by atoms with E-state index >= 15 is 0 Å². The van der Waals surface area contributed by atoms with Crippen LogP contribution in [-0.4, -0.2) is 12.1 Å². The molecular formula is C16H24FN. The molecule has 1 aliphatic carbocycles. The maximum Gasteiger partial charge on any atom is 0.123 e. The van der Waals surface area contributed by atoms with Crippen LogP contribution in [0.2, 0.25) is 0 Å². The Morgan fingerprint density at radius 1 is 1.39 bits per heavy atom. The molecule has 2 heteroatoms. The number of rotatable bonds is 4. The fourth-order valence-electron chi connectivity index (χ4n) is 3.06. The van der Waals surface area contributed by atoms with Crippen molar-refractivity contribution in [3.05, 3.63) is 35.6 Å². The van der Waals surface area contributed by atoms with Gasteiger partial charge in [-0.15, -0.1) is 0 Å². The molecule has 1 aliphatic rings. The lowest BCUT2D eigenvalue weighted by molar-refractivity contribution is 0.284. The summed E-state index contributed by atoms with van der Waals surface area (Å²) >= 11 is 0. The van der Waals surface area contributed by atoms with E-state index in [0.29, 0.717) is 12.1 Å². The van der Waals surface area contributed by atoms with Gasteiger partial charge in [-0.1, -0.05) is 31.9 Å². The van der Waals surface area contributed by atoms with Crippen molar-refractivity contribution in [1.82, 2.24) is 5.32 Å². The highest BCUT2D eigenvalue weighted by Crippen LogP contribution is 2.24. The Kier molecular flexibility index (Phi) is 4.76. The molecule has 0 bridgehead atoms. The lowest BCUT2D eigenvalue weighted by atomic mass is 9.86. The molecule has 0 saturated heterocycles. The molecule has 1 nitrogen and oxygen atoms in total. The molecule has 3 unspecified atom stereocenters. The van der Waals surface area contributed by atoms with Crippen LogP contribution in [0.4, 0.5) is 4.39 Å². The smallest absolute Gasteiger partial charge is 0.123 e. The molecule has 1 fully saturated rings. The quantitative estimate of drug-likeness (QED) is 0.852. The Bertz CT molecular complexity index is 377. The van der Waals surface area contributed by atoms with E-state index < -0.39 is 0 Å². The van der Waals surface area contributed by atoms with Crippen molar-refractivity contribution < 1.29 is 4.39 Å². The zero-order valence-electron chi connectivity index (χ0n) is 11.5. The topological polar surface area (TPSA) is 12.0 Å². The predicted octanol–water partition coefficient (Wildman–Crippen LogP) is 3.93. The van der Waals surface area contributed by atoms with Gasteiger partial charge in [0.1, 0.15) is 5.82 Å². The standard InChI is InChI=1S/C16H24FN/c1-12-5-3-8-16(9-12)18-13(2)10-14-6-4-7-15(17)11-14/h4,6-7,11-13,16,18H,3,5,8-10H2,1-2H3. The highest BCUT2D eigenvalue weighted by molar-refractivity contribution is 5.17. The third kappa shape index (κ3) is 4.09. The highest BCUT2D eigenvalue weighted by Gasteiger charge is 2.20. The first-order valence-electron chi connectivity index (χ1n) is 7.14. The molecule has 1 aromatic carbocycles. The lowest BCUT2D eigenvalue weighted by Crippen LogP contribution is -2.40. The van der Waals surface area contributed by atoms with Gasteiger partial charge in [-0.3, -0.25) is 0 Å². The summed E-state index contributed by atoms with van der Waals surface area (Å²) in [5.41, 5.74) is 1.08. The van der Waals surface area contributed by atoms with E-state index in [1.165, 1.54) is 31.7 Å². The molecule has 0 radical (unpaired) electrons. The van der Waals surface area contributed by atoms with Crippen LogP contribution >= 0.6 is 0 Å². The third-order valence-corrected chi connectivity index (χ3v) is 3.89. The number of benzene rings is 1. The SMILES string of the molecule is CC1CCCC(NC(C)Cc2cccc(F)c2)C1. The van der Waals surface area contributed by atoms with Crippen LogP contribution in [0.3, 0.4) is 0 Å². The summed E-state index contributed by atoms with van der Waals surface area (Å²) in [6, 6.07) is 8.01. The lowest BCUT2D eigenvalue weighted by Gasteiger charge is -2.30. The maximum absolute atomic E-state index is 13.1. The second kappa shape index (κ2) is 6.33. The first-order valence-corrected chi connectivity index (χ1v) is 7.14. The van der Waals surface area contributed by atoms with Crippen molar-refractivity contribution in [3.8, 4) is 0 Å². The normalized spacial score (nSPS) is 25.9. The number of nitrogens with one attached hydrogen (secondary N) is 1. The van der Waals surface area contributed by atoms with Crippen LogP contribution in [0, 0.1) is 11.7 Å². The number of halogens is 1. The molecule has 1 N–H and O–H groups in total. The molecule has 1 aromatic rings. The van der Waals surface area contributed by atoms with Gasteiger partial charge in [0, 0.05) is 12.1 Å². The van der Waals surface area contributed by atoms with Gasteiger partial charge < -0.3 is 5.32 Å². The first kappa shape index (κ1) is 13.5. The van der Waals surface area contributed by atoms with E-state index in [2.05, 4.69) is 19.2 Å². The minimum Gasteiger partial charge on any atom is -0.311 e. The fraction of sp³-hybridized carbons (Fsp3) is 0.625. The Morgan fingerprint density at radius 2 is 2.22 bits per heavy atom. The van der Waals surface area contributed by atoms with Crippen molar-refractivity contribution >= 4 is 0 Å². The van der Waals surface area contributed by atoms with Crippen LogP contribution in [0.1, 0.15) is 45.1 Å². The monoisotopic (exact) mass is 249 g/mol. The van der Waals surface area contributed by atoms with Gasteiger partial charge >= 0.3 is 0 Å². The molecule has 0 amide bonds. The van der Waals surface area contributed by atoms with Gasteiger partial charge in [0.25, 0.3) is 0 Å². The second-order valence-electron chi connectivity index (χ2n) is 5.87. The van der Waals surface area contributed by atoms with Gasteiger partial charge in [-0.05, 0) is 49.8 Å². The first-order chi connectivity index (χ1) is 8.63. The van der Waals surface area contributed by atoms with Gasteiger partial charge in [0.2, 0.25) is 0 Å². The van der Waals surface area contributed by atoms with Crippen LogP contribution in [0.15, 0.2) is 24.3 Å². The van der Waals surface area contributed by atoms with Crippen molar-refractivity contribution in [2.24, 2.45) is 5.92 Å². The van der Waals surface area contributed by atoms with Gasteiger partial charge in [0.05, 0.1) is 0 Å². The van der Waals surface area contributed by atoms with E-state index in [-0.39, 0.29) is 5.82 Å². The molecule has 18 heavy (non-hydrogen) atoms. The van der Waals surface area contributed by atoms with E-state index in [1.807, 2.05) is 6.07 Å². The average molecular weight is 249 g/mol. The minimum atomic E-state index is -0.133. The zero-order valence-corrected chi connectivity index (χ0v) is 11.5. The van der Waals surface area contributed by atoms with Crippen molar-refractivity contribution in [1.29, 1.82) is 0 Å². The molecule has 0 aliphatic heterocycles. The molecule has 100 valence electrons. The Balaban J connectivity index is 1.82. The van der Waals surface area contributed by atoms with Gasteiger partial charge in [0.15, 0.2) is 0 Å². The summed E-state index contributed by atoms with van der Waals surface area (Å²) in [4.78, 5) is 0. The molecule has 3 atom stereocenters. The van der Waals surface area contributed by atoms with Crippen LogP contribution in [0.25, 0.3) is 0 Å². The van der Waals surface area contributed by atoms with E-state index in [9.17, 15) is 4.39 Å². The summed E-state index contributed by atoms with van der Waals surface area (Å²) < 4.78 is 13.1. The van der Waals surface area contributed by atoms with E-state index in [4.69, 9.17) is 0 Å². The van der Waals surface area contributed by atoms with Gasteiger partial charge in [-0.2, -0.15) is 0 Å². The summed E-state index contributed by atoms with van der Waals surface area (Å²) in [7, 11) is 0. The predicted molar refractivity (Wildman–Crippen MR) is 74.1 cm³/mol.